The number of aromatic amines is 1. The number of aromatic nitrogens is 3. The van der Waals surface area contributed by atoms with Crippen molar-refractivity contribution in [2.24, 2.45) is 0 Å². The number of hydrogen-bond donors (Lipinski definition) is 3. The van der Waals surface area contributed by atoms with Crippen LogP contribution in [0.15, 0.2) is 0 Å². The highest BCUT2D eigenvalue weighted by molar-refractivity contribution is 6.09. The standard InChI is InChI=1S/C10H14N6O3/c1-5-11-8(15-14-5)12-6(17)4-16-7(18)10(2,3)13-9(16)19/h4H2,1-3H3,(H,13,19)(H2,11,12,14,15,17). The minimum Gasteiger partial charge on any atom is -0.324 e. The van der Waals surface area contributed by atoms with Gasteiger partial charge in [-0.15, -0.1) is 5.10 Å². The van der Waals surface area contributed by atoms with Crippen LogP contribution in [0.1, 0.15) is 19.7 Å². The first-order valence-electron chi connectivity index (χ1n) is 5.62. The molecule has 1 aliphatic heterocycles. The van der Waals surface area contributed by atoms with Crippen molar-refractivity contribution >= 4 is 23.8 Å². The van der Waals surface area contributed by atoms with Crippen LogP contribution in [0.3, 0.4) is 0 Å². The molecule has 9 nitrogen and oxygen atoms in total. The smallest absolute Gasteiger partial charge is 0.324 e. The van der Waals surface area contributed by atoms with Gasteiger partial charge < -0.3 is 5.32 Å². The Hall–Kier alpha value is -2.45. The van der Waals surface area contributed by atoms with E-state index >= 15 is 0 Å². The number of carbonyl (C=O) groups is 3. The SMILES string of the molecule is Cc1nc(NC(=O)CN2C(=O)NC(C)(C)C2=O)n[nH]1. The summed E-state index contributed by atoms with van der Waals surface area (Å²) >= 11 is 0. The van der Waals surface area contributed by atoms with Crippen molar-refractivity contribution in [3.63, 3.8) is 0 Å². The van der Waals surface area contributed by atoms with E-state index in [1.165, 1.54) is 0 Å². The predicted octanol–water partition coefficient (Wildman–Crippen LogP) is -0.618. The molecule has 2 rings (SSSR count). The lowest BCUT2D eigenvalue weighted by Gasteiger charge is -2.15. The van der Waals surface area contributed by atoms with Crippen molar-refractivity contribution in [1.82, 2.24) is 25.4 Å². The topological polar surface area (TPSA) is 120 Å². The van der Waals surface area contributed by atoms with Crippen LogP contribution in [-0.2, 0) is 9.59 Å². The fourth-order valence-electron chi connectivity index (χ4n) is 1.67. The van der Waals surface area contributed by atoms with Gasteiger partial charge in [0, 0.05) is 0 Å². The molecule has 1 aromatic rings. The second-order valence-electron chi connectivity index (χ2n) is 4.74. The lowest BCUT2D eigenvalue weighted by molar-refractivity contribution is -0.132. The molecule has 0 radical (unpaired) electrons. The summed E-state index contributed by atoms with van der Waals surface area (Å²) in [5.41, 5.74) is -0.988. The van der Waals surface area contributed by atoms with E-state index in [1.54, 1.807) is 20.8 Å². The van der Waals surface area contributed by atoms with E-state index in [2.05, 4.69) is 25.8 Å². The lowest BCUT2D eigenvalue weighted by Crippen LogP contribution is -2.41. The Morgan fingerprint density at radius 1 is 1.42 bits per heavy atom. The Kier molecular flexibility index (Phi) is 2.97. The molecule has 0 bridgehead atoms. The molecule has 19 heavy (non-hydrogen) atoms. The van der Waals surface area contributed by atoms with Crippen LogP contribution in [0, 0.1) is 6.92 Å². The molecular weight excluding hydrogens is 252 g/mol. The van der Waals surface area contributed by atoms with Crippen LogP contribution >= 0.6 is 0 Å². The number of imide groups is 1. The number of carbonyl (C=O) groups excluding carboxylic acids is 3. The zero-order valence-electron chi connectivity index (χ0n) is 10.8. The van der Waals surface area contributed by atoms with E-state index in [0.717, 1.165) is 4.90 Å². The zero-order chi connectivity index (χ0) is 14.2. The number of hydrogen-bond acceptors (Lipinski definition) is 5. The van der Waals surface area contributed by atoms with Gasteiger partial charge in [0.2, 0.25) is 11.9 Å². The zero-order valence-corrected chi connectivity index (χ0v) is 10.8. The first-order chi connectivity index (χ1) is 8.79. The summed E-state index contributed by atoms with van der Waals surface area (Å²) in [6.07, 6.45) is 0. The minimum atomic E-state index is -0.988. The highest BCUT2D eigenvalue weighted by Gasteiger charge is 2.44. The summed E-state index contributed by atoms with van der Waals surface area (Å²) in [6.45, 7) is 4.46. The third-order valence-corrected chi connectivity index (χ3v) is 2.59. The molecule has 1 saturated heterocycles. The second kappa shape index (κ2) is 4.34. The van der Waals surface area contributed by atoms with E-state index in [-0.39, 0.29) is 12.5 Å². The molecule has 0 aromatic carbocycles. The van der Waals surface area contributed by atoms with Gasteiger partial charge in [0.15, 0.2) is 0 Å². The fraction of sp³-hybridized carbons (Fsp3) is 0.500. The predicted molar refractivity (Wildman–Crippen MR) is 64.1 cm³/mol. The van der Waals surface area contributed by atoms with Crippen molar-refractivity contribution in [1.29, 1.82) is 0 Å². The van der Waals surface area contributed by atoms with Crippen molar-refractivity contribution < 1.29 is 14.4 Å². The Balaban J connectivity index is 2.00. The van der Waals surface area contributed by atoms with Crippen molar-refractivity contribution in [3.8, 4) is 0 Å². The summed E-state index contributed by atoms with van der Waals surface area (Å²) in [6, 6.07) is -0.587. The van der Waals surface area contributed by atoms with Gasteiger partial charge in [-0.05, 0) is 20.8 Å². The van der Waals surface area contributed by atoms with Crippen LogP contribution in [0.2, 0.25) is 0 Å². The van der Waals surface area contributed by atoms with Crippen LogP contribution in [0.4, 0.5) is 10.7 Å². The van der Waals surface area contributed by atoms with Crippen molar-refractivity contribution in [2.75, 3.05) is 11.9 Å². The first-order valence-corrected chi connectivity index (χ1v) is 5.62. The third-order valence-electron chi connectivity index (χ3n) is 2.59. The van der Waals surface area contributed by atoms with Crippen molar-refractivity contribution in [3.05, 3.63) is 5.82 Å². The Morgan fingerprint density at radius 3 is 2.58 bits per heavy atom. The Morgan fingerprint density at radius 2 is 2.11 bits per heavy atom. The molecule has 9 heteroatoms. The molecule has 0 spiro atoms. The number of rotatable bonds is 3. The molecule has 0 saturated carbocycles. The molecular formula is C10H14N6O3. The third kappa shape index (κ3) is 2.54. The summed E-state index contributed by atoms with van der Waals surface area (Å²) in [5.74, 6) is -0.334. The molecule has 4 amide bonds. The summed E-state index contributed by atoms with van der Waals surface area (Å²) in [4.78, 5) is 39.9. The molecule has 2 heterocycles. The average Bonchev–Trinajstić information content (AvgIpc) is 2.76. The van der Waals surface area contributed by atoms with Crippen molar-refractivity contribution in [2.45, 2.75) is 26.3 Å². The maximum Gasteiger partial charge on any atom is 0.325 e. The van der Waals surface area contributed by atoms with Gasteiger partial charge >= 0.3 is 6.03 Å². The number of nitrogens with zero attached hydrogens (tertiary/aromatic N) is 3. The van der Waals surface area contributed by atoms with E-state index in [0.29, 0.717) is 5.82 Å². The summed E-state index contributed by atoms with van der Waals surface area (Å²) < 4.78 is 0. The number of amides is 4. The second-order valence-corrected chi connectivity index (χ2v) is 4.74. The largest absolute Gasteiger partial charge is 0.325 e. The maximum absolute atomic E-state index is 11.9. The van der Waals surface area contributed by atoms with Gasteiger partial charge in [0.1, 0.15) is 17.9 Å². The Bertz CT molecular complexity index is 549. The van der Waals surface area contributed by atoms with E-state index in [1.807, 2.05) is 0 Å². The monoisotopic (exact) mass is 266 g/mol. The summed E-state index contributed by atoms with van der Waals surface area (Å²) in [7, 11) is 0. The molecule has 1 fully saturated rings. The molecule has 3 N–H and O–H groups in total. The van der Waals surface area contributed by atoms with Gasteiger partial charge in [-0.1, -0.05) is 0 Å². The normalized spacial score (nSPS) is 17.5. The first kappa shape index (κ1) is 13.0. The van der Waals surface area contributed by atoms with Crippen LogP contribution in [-0.4, -0.2) is 50.0 Å². The number of urea groups is 1. The molecule has 1 aliphatic rings. The van der Waals surface area contributed by atoms with Gasteiger partial charge in [-0.25, -0.2) is 4.79 Å². The van der Waals surface area contributed by atoms with Crippen LogP contribution < -0.4 is 10.6 Å². The van der Waals surface area contributed by atoms with Gasteiger partial charge in [-0.2, -0.15) is 4.98 Å². The van der Waals surface area contributed by atoms with Crippen LogP contribution in [0.25, 0.3) is 0 Å². The molecule has 0 atom stereocenters. The summed E-state index contributed by atoms with van der Waals surface area (Å²) in [5, 5.41) is 11.2. The quantitative estimate of drug-likeness (QED) is 0.630. The van der Waals surface area contributed by atoms with E-state index in [4.69, 9.17) is 0 Å². The lowest BCUT2D eigenvalue weighted by atomic mass is 10.1. The number of H-pyrrole nitrogens is 1. The van der Waals surface area contributed by atoms with Gasteiger partial charge in [0.25, 0.3) is 5.91 Å². The Labute approximate surface area is 108 Å². The van der Waals surface area contributed by atoms with E-state index in [9.17, 15) is 14.4 Å². The maximum atomic E-state index is 11.9. The molecule has 1 aromatic heterocycles. The molecule has 0 unspecified atom stereocenters. The van der Waals surface area contributed by atoms with Crippen LogP contribution in [0.5, 0.6) is 0 Å². The average molecular weight is 266 g/mol. The van der Waals surface area contributed by atoms with Gasteiger partial charge in [0.05, 0.1) is 0 Å². The number of nitrogens with one attached hydrogen (secondary N) is 3. The highest BCUT2D eigenvalue weighted by Crippen LogP contribution is 2.16. The van der Waals surface area contributed by atoms with E-state index < -0.39 is 23.4 Å². The molecule has 0 aliphatic carbocycles. The van der Waals surface area contributed by atoms with Gasteiger partial charge in [-0.3, -0.25) is 24.9 Å². The number of aryl methyl sites for hydroxylation is 1. The molecule has 102 valence electrons. The number of anilines is 1. The fourth-order valence-corrected chi connectivity index (χ4v) is 1.67. The highest BCUT2D eigenvalue weighted by atomic mass is 16.2. The minimum absolute atomic E-state index is 0.105.